The molecule has 1 unspecified atom stereocenters. The molecule has 2 aromatic carbocycles. The van der Waals surface area contributed by atoms with E-state index >= 15 is 0 Å². The van der Waals surface area contributed by atoms with Gasteiger partial charge in [0, 0.05) is 0 Å². The lowest BCUT2D eigenvalue weighted by Gasteiger charge is -2.18. The Labute approximate surface area is 119 Å². The molecule has 3 heteroatoms. The van der Waals surface area contributed by atoms with Crippen LogP contribution in [-0.2, 0) is 9.53 Å². The van der Waals surface area contributed by atoms with E-state index in [4.69, 9.17) is 9.47 Å². The SMILES string of the molecule is COC(=O)C(c1ccc(OC)cc1)c1ccccc1C. The highest BCUT2D eigenvalue weighted by Crippen LogP contribution is 2.29. The lowest BCUT2D eigenvalue weighted by molar-refractivity contribution is -0.141. The first-order valence-electron chi connectivity index (χ1n) is 6.44. The monoisotopic (exact) mass is 270 g/mol. The van der Waals surface area contributed by atoms with E-state index in [1.165, 1.54) is 7.11 Å². The van der Waals surface area contributed by atoms with Gasteiger partial charge in [-0.25, -0.2) is 0 Å². The molecule has 0 radical (unpaired) electrons. The van der Waals surface area contributed by atoms with Crippen LogP contribution in [-0.4, -0.2) is 20.2 Å². The maximum atomic E-state index is 12.2. The minimum atomic E-state index is -0.410. The van der Waals surface area contributed by atoms with E-state index in [1.54, 1.807) is 7.11 Å². The summed E-state index contributed by atoms with van der Waals surface area (Å²) >= 11 is 0. The smallest absolute Gasteiger partial charge is 0.317 e. The highest BCUT2D eigenvalue weighted by molar-refractivity contribution is 5.82. The second-order valence-corrected chi connectivity index (χ2v) is 4.59. The van der Waals surface area contributed by atoms with Crippen LogP contribution in [0.25, 0.3) is 0 Å². The summed E-state index contributed by atoms with van der Waals surface area (Å²) in [6.07, 6.45) is 0. The Balaban J connectivity index is 2.47. The summed E-state index contributed by atoms with van der Waals surface area (Å²) in [5.41, 5.74) is 2.93. The van der Waals surface area contributed by atoms with Gasteiger partial charge >= 0.3 is 5.97 Å². The van der Waals surface area contributed by atoms with Crippen molar-refractivity contribution in [2.75, 3.05) is 14.2 Å². The lowest BCUT2D eigenvalue weighted by atomic mass is 9.88. The molecule has 2 aromatic rings. The number of rotatable bonds is 4. The molecule has 0 amide bonds. The van der Waals surface area contributed by atoms with Crippen LogP contribution >= 0.6 is 0 Å². The van der Waals surface area contributed by atoms with Crippen LogP contribution in [0.3, 0.4) is 0 Å². The molecular formula is C17H18O3. The average molecular weight is 270 g/mol. The third-order valence-electron chi connectivity index (χ3n) is 3.39. The van der Waals surface area contributed by atoms with Crippen LogP contribution in [0.5, 0.6) is 5.75 Å². The average Bonchev–Trinajstić information content (AvgIpc) is 2.50. The Morgan fingerprint density at radius 3 is 2.20 bits per heavy atom. The minimum absolute atomic E-state index is 0.260. The van der Waals surface area contributed by atoms with E-state index in [1.807, 2.05) is 55.5 Å². The highest BCUT2D eigenvalue weighted by atomic mass is 16.5. The Hall–Kier alpha value is -2.29. The number of esters is 1. The number of hydrogen-bond acceptors (Lipinski definition) is 3. The van der Waals surface area contributed by atoms with Crippen LogP contribution in [0.4, 0.5) is 0 Å². The Kier molecular flexibility index (Phi) is 4.41. The molecule has 3 nitrogen and oxygen atoms in total. The molecule has 1 atom stereocenters. The van der Waals surface area contributed by atoms with Crippen molar-refractivity contribution in [1.82, 2.24) is 0 Å². The second kappa shape index (κ2) is 6.24. The van der Waals surface area contributed by atoms with E-state index < -0.39 is 5.92 Å². The summed E-state index contributed by atoms with van der Waals surface area (Å²) < 4.78 is 10.1. The Bertz CT molecular complexity index is 587. The zero-order valence-electron chi connectivity index (χ0n) is 11.9. The van der Waals surface area contributed by atoms with Gasteiger partial charge in [0.25, 0.3) is 0 Å². The van der Waals surface area contributed by atoms with Gasteiger partial charge in [0.2, 0.25) is 0 Å². The summed E-state index contributed by atoms with van der Waals surface area (Å²) in [4.78, 5) is 12.2. The van der Waals surface area contributed by atoms with E-state index in [0.717, 1.165) is 22.4 Å². The van der Waals surface area contributed by atoms with Gasteiger partial charge in [-0.05, 0) is 35.7 Å². The zero-order valence-corrected chi connectivity index (χ0v) is 11.9. The molecule has 0 aliphatic rings. The fraction of sp³-hybridized carbons (Fsp3) is 0.235. The van der Waals surface area contributed by atoms with Gasteiger partial charge in [0.1, 0.15) is 11.7 Å². The molecule has 0 aliphatic carbocycles. The van der Waals surface area contributed by atoms with Gasteiger partial charge in [-0.1, -0.05) is 36.4 Å². The molecular weight excluding hydrogens is 252 g/mol. The molecule has 0 aromatic heterocycles. The molecule has 0 fully saturated rings. The number of aryl methyl sites for hydroxylation is 1. The van der Waals surface area contributed by atoms with Crippen molar-refractivity contribution in [3.8, 4) is 5.75 Å². The van der Waals surface area contributed by atoms with E-state index in [9.17, 15) is 4.79 Å². The first kappa shape index (κ1) is 14.1. The third kappa shape index (κ3) is 2.82. The number of ether oxygens (including phenoxy) is 2. The second-order valence-electron chi connectivity index (χ2n) is 4.59. The van der Waals surface area contributed by atoms with Crippen molar-refractivity contribution in [1.29, 1.82) is 0 Å². The van der Waals surface area contributed by atoms with Crippen LogP contribution in [0.15, 0.2) is 48.5 Å². The molecule has 104 valence electrons. The molecule has 0 saturated carbocycles. The van der Waals surface area contributed by atoms with Crippen molar-refractivity contribution in [3.63, 3.8) is 0 Å². The molecule has 0 bridgehead atoms. The number of methoxy groups -OCH3 is 2. The van der Waals surface area contributed by atoms with Crippen molar-refractivity contribution in [2.45, 2.75) is 12.8 Å². The summed E-state index contributed by atoms with van der Waals surface area (Å²) in [7, 11) is 3.03. The van der Waals surface area contributed by atoms with Gasteiger partial charge in [-0.15, -0.1) is 0 Å². The molecule has 0 saturated heterocycles. The van der Waals surface area contributed by atoms with Crippen LogP contribution in [0.2, 0.25) is 0 Å². The van der Waals surface area contributed by atoms with Crippen molar-refractivity contribution >= 4 is 5.97 Å². The topological polar surface area (TPSA) is 35.5 Å². The predicted octanol–water partition coefficient (Wildman–Crippen LogP) is 3.31. The van der Waals surface area contributed by atoms with Crippen molar-refractivity contribution in [3.05, 3.63) is 65.2 Å². The van der Waals surface area contributed by atoms with Gasteiger partial charge in [0.15, 0.2) is 0 Å². The van der Waals surface area contributed by atoms with E-state index in [0.29, 0.717) is 0 Å². The molecule has 0 N–H and O–H groups in total. The number of benzene rings is 2. The summed E-state index contributed by atoms with van der Waals surface area (Å²) in [5.74, 6) is 0.0960. The van der Waals surface area contributed by atoms with E-state index in [-0.39, 0.29) is 5.97 Å². The molecule has 2 rings (SSSR count). The summed E-state index contributed by atoms with van der Waals surface area (Å²) in [6.45, 7) is 1.99. The molecule has 0 heterocycles. The Morgan fingerprint density at radius 1 is 1.00 bits per heavy atom. The molecule has 0 spiro atoms. The zero-order chi connectivity index (χ0) is 14.5. The van der Waals surface area contributed by atoms with Gasteiger partial charge < -0.3 is 9.47 Å². The fourth-order valence-corrected chi connectivity index (χ4v) is 2.27. The lowest BCUT2D eigenvalue weighted by Crippen LogP contribution is -2.16. The normalized spacial score (nSPS) is 11.8. The quantitative estimate of drug-likeness (QED) is 0.800. The molecule has 20 heavy (non-hydrogen) atoms. The maximum absolute atomic E-state index is 12.2. The summed E-state index contributed by atoms with van der Waals surface area (Å²) in [5, 5.41) is 0. The van der Waals surface area contributed by atoms with Crippen molar-refractivity contribution in [2.24, 2.45) is 0 Å². The molecule has 0 aliphatic heterocycles. The third-order valence-corrected chi connectivity index (χ3v) is 3.39. The standard InChI is InChI=1S/C17H18O3/c1-12-6-4-5-7-15(12)16(17(18)20-3)13-8-10-14(19-2)11-9-13/h4-11,16H,1-3H3. The summed E-state index contributed by atoms with van der Waals surface area (Å²) in [6, 6.07) is 15.3. The number of hydrogen-bond donors (Lipinski definition) is 0. The predicted molar refractivity (Wildman–Crippen MR) is 78.0 cm³/mol. The van der Waals surface area contributed by atoms with Crippen molar-refractivity contribution < 1.29 is 14.3 Å². The highest BCUT2D eigenvalue weighted by Gasteiger charge is 2.24. The van der Waals surface area contributed by atoms with Gasteiger partial charge in [0.05, 0.1) is 14.2 Å². The number of carbonyl (C=O) groups is 1. The van der Waals surface area contributed by atoms with Gasteiger partial charge in [-0.3, -0.25) is 4.79 Å². The largest absolute Gasteiger partial charge is 0.497 e. The van der Waals surface area contributed by atoms with Crippen LogP contribution in [0.1, 0.15) is 22.6 Å². The number of carbonyl (C=O) groups excluding carboxylic acids is 1. The van der Waals surface area contributed by atoms with Crippen LogP contribution in [0, 0.1) is 6.92 Å². The maximum Gasteiger partial charge on any atom is 0.317 e. The van der Waals surface area contributed by atoms with E-state index in [2.05, 4.69) is 0 Å². The first-order valence-corrected chi connectivity index (χ1v) is 6.44. The minimum Gasteiger partial charge on any atom is -0.497 e. The fourth-order valence-electron chi connectivity index (χ4n) is 2.27. The van der Waals surface area contributed by atoms with Crippen LogP contribution < -0.4 is 4.74 Å². The first-order chi connectivity index (χ1) is 9.67. The van der Waals surface area contributed by atoms with Gasteiger partial charge in [-0.2, -0.15) is 0 Å². The Morgan fingerprint density at radius 2 is 1.65 bits per heavy atom.